The van der Waals surface area contributed by atoms with E-state index in [0.29, 0.717) is 12.1 Å². The van der Waals surface area contributed by atoms with Gasteiger partial charge in [-0.3, -0.25) is 5.32 Å². The van der Waals surface area contributed by atoms with E-state index in [1.165, 1.54) is 21.6 Å². The van der Waals surface area contributed by atoms with Gasteiger partial charge in [-0.05, 0) is 28.1 Å². The van der Waals surface area contributed by atoms with E-state index in [-0.39, 0.29) is 0 Å². The van der Waals surface area contributed by atoms with Crippen molar-refractivity contribution in [3.63, 3.8) is 0 Å². The summed E-state index contributed by atoms with van der Waals surface area (Å²) in [4.78, 5) is 1.45. The zero-order valence-electron chi connectivity index (χ0n) is 8.68. The number of rotatable bonds is 0. The molecule has 1 aromatic heterocycles. The number of nitrogens with one attached hydrogen (secondary N) is 1. The van der Waals surface area contributed by atoms with Crippen LogP contribution in [-0.4, -0.2) is 0 Å². The molecule has 2 bridgehead atoms. The monoisotopic (exact) mass is 225 g/mol. The average Bonchev–Trinajstić information content (AvgIpc) is 2.85. The first-order valence-corrected chi connectivity index (χ1v) is 6.42. The molecule has 2 aliphatic rings. The van der Waals surface area contributed by atoms with Crippen LogP contribution in [0.3, 0.4) is 0 Å². The normalized spacial score (nSPS) is 25.0. The Labute approximate surface area is 98.4 Å². The lowest BCUT2D eigenvalue weighted by atomic mass is 9.97. The smallest absolute Gasteiger partial charge is 0.0687 e. The molecule has 16 heavy (non-hydrogen) atoms. The molecule has 0 aliphatic carbocycles. The van der Waals surface area contributed by atoms with Gasteiger partial charge in [0.15, 0.2) is 0 Å². The van der Waals surface area contributed by atoms with Crippen molar-refractivity contribution in [1.82, 2.24) is 5.32 Å². The van der Waals surface area contributed by atoms with Gasteiger partial charge >= 0.3 is 0 Å². The molecule has 2 unspecified atom stereocenters. The molecule has 2 heteroatoms. The Balaban J connectivity index is 2.01. The third-order valence-corrected chi connectivity index (χ3v) is 4.44. The maximum Gasteiger partial charge on any atom is 0.0687 e. The summed E-state index contributed by atoms with van der Waals surface area (Å²) in [5.41, 5.74) is 4.25. The van der Waals surface area contributed by atoms with Gasteiger partial charge < -0.3 is 0 Å². The Bertz CT molecular complexity index is 582. The van der Waals surface area contributed by atoms with Gasteiger partial charge in [-0.1, -0.05) is 36.4 Å². The van der Waals surface area contributed by atoms with Crippen LogP contribution in [0.5, 0.6) is 0 Å². The number of benzene rings is 1. The Hall–Kier alpha value is -1.38. The summed E-state index contributed by atoms with van der Waals surface area (Å²) in [5.74, 6) is 0. The first-order valence-electron chi connectivity index (χ1n) is 5.54. The molecular formula is C14H11NS. The third-order valence-electron chi connectivity index (χ3n) is 3.45. The quantitative estimate of drug-likeness (QED) is 0.723. The molecule has 1 nitrogen and oxygen atoms in total. The molecule has 2 aliphatic heterocycles. The highest BCUT2D eigenvalue weighted by atomic mass is 32.1. The van der Waals surface area contributed by atoms with Gasteiger partial charge in [0, 0.05) is 4.88 Å². The lowest BCUT2D eigenvalue weighted by Gasteiger charge is -2.10. The largest absolute Gasteiger partial charge is 0.295 e. The van der Waals surface area contributed by atoms with Gasteiger partial charge in [-0.15, -0.1) is 11.3 Å². The Morgan fingerprint density at radius 2 is 1.94 bits per heavy atom. The first-order chi connectivity index (χ1) is 7.93. The summed E-state index contributed by atoms with van der Waals surface area (Å²) >= 11 is 1.85. The Morgan fingerprint density at radius 3 is 2.88 bits per heavy atom. The van der Waals surface area contributed by atoms with E-state index in [0.717, 1.165) is 0 Å². The molecule has 0 spiro atoms. The molecule has 2 atom stereocenters. The van der Waals surface area contributed by atoms with E-state index in [1.54, 1.807) is 0 Å². The standard InChI is InChI=1S/C14H11NS/c1-2-4-11-10(3-1)12-6-5-9-7-8-16-14(9)13(11)15-12/h1-8,12-13,15H. The van der Waals surface area contributed by atoms with Gasteiger partial charge in [0.05, 0.1) is 12.1 Å². The summed E-state index contributed by atoms with van der Waals surface area (Å²) < 4.78 is 0. The van der Waals surface area contributed by atoms with Crippen LogP contribution in [-0.2, 0) is 0 Å². The van der Waals surface area contributed by atoms with Gasteiger partial charge in [0.2, 0.25) is 0 Å². The highest BCUT2D eigenvalue weighted by Crippen LogP contribution is 2.43. The van der Waals surface area contributed by atoms with E-state index in [4.69, 9.17) is 0 Å². The minimum atomic E-state index is 0.390. The molecular weight excluding hydrogens is 214 g/mol. The number of thiophene rings is 1. The van der Waals surface area contributed by atoms with Gasteiger partial charge in [-0.2, -0.15) is 0 Å². The van der Waals surface area contributed by atoms with Crippen LogP contribution in [0.1, 0.15) is 33.7 Å². The molecule has 0 amide bonds. The van der Waals surface area contributed by atoms with Crippen molar-refractivity contribution >= 4 is 17.4 Å². The van der Waals surface area contributed by atoms with Crippen molar-refractivity contribution in [1.29, 1.82) is 0 Å². The maximum absolute atomic E-state index is 3.68. The second kappa shape index (κ2) is 3.06. The first kappa shape index (κ1) is 8.74. The van der Waals surface area contributed by atoms with Crippen LogP contribution in [0.2, 0.25) is 0 Å². The van der Waals surface area contributed by atoms with Crippen molar-refractivity contribution in [2.75, 3.05) is 0 Å². The third kappa shape index (κ3) is 1.03. The van der Waals surface area contributed by atoms with Gasteiger partial charge in [0.25, 0.3) is 0 Å². The van der Waals surface area contributed by atoms with Gasteiger partial charge in [0.1, 0.15) is 0 Å². The summed E-state index contributed by atoms with van der Waals surface area (Å²) in [6, 6.07) is 11.7. The van der Waals surface area contributed by atoms with Crippen molar-refractivity contribution in [3.8, 4) is 0 Å². The lowest BCUT2D eigenvalue weighted by molar-refractivity contribution is 0.626. The van der Waals surface area contributed by atoms with Gasteiger partial charge in [-0.25, -0.2) is 0 Å². The fraction of sp³-hybridized carbons (Fsp3) is 0.143. The Morgan fingerprint density at radius 1 is 1.06 bits per heavy atom. The van der Waals surface area contributed by atoms with Crippen molar-refractivity contribution in [2.24, 2.45) is 0 Å². The van der Waals surface area contributed by atoms with E-state index in [1.807, 2.05) is 11.3 Å². The van der Waals surface area contributed by atoms with E-state index in [9.17, 15) is 0 Å². The van der Waals surface area contributed by atoms with E-state index in [2.05, 4.69) is 53.2 Å². The minimum absolute atomic E-state index is 0.390. The van der Waals surface area contributed by atoms with Crippen LogP contribution in [0.4, 0.5) is 0 Å². The van der Waals surface area contributed by atoms with Crippen LogP contribution < -0.4 is 5.32 Å². The molecule has 78 valence electrons. The summed E-state index contributed by atoms with van der Waals surface area (Å²) in [6.07, 6.45) is 4.52. The molecule has 3 heterocycles. The molecule has 1 aromatic carbocycles. The predicted octanol–water partition coefficient (Wildman–Crippen LogP) is 3.51. The second-order valence-corrected chi connectivity index (χ2v) is 5.25. The van der Waals surface area contributed by atoms with Crippen LogP contribution >= 0.6 is 11.3 Å². The molecule has 0 radical (unpaired) electrons. The number of hydrogen-bond acceptors (Lipinski definition) is 2. The Kier molecular flexibility index (Phi) is 1.67. The molecule has 1 N–H and O–H groups in total. The fourth-order valence-corrected chi connectivity index (χ4v) is 3.66. The number of fused-ring (bicyclic) bond motifs is 7. The average molecular weight is 225 g/mol. The van der Waals surface area contributed by atoms with E-state index < -0.39 is 0 Å². The molecule has 2 aromatic rings. The van der Waals surface area contributed by atoms with Crippen molar-refractivity contribution < 1.29 is 0 Å². The van der Waals surface area contributed by atoms with E-state index >= 15 is 0 Å². The summed E-state index contributed by atoms with van der Waals surface area (Å²) in [5, 5.41) is 5.86. The van der Waals surface area contributed by atoms with Crippen LogP contribution in [0, 0.1) is 0 Å². The maximum atomic E-state index is 3.68. The molecule has 0 fully saturated rings. The second-order valence-electron chi connectivity index (χ2n) is 4.31. The molecule has 4 rings (SSSR count). The predicted molar refractivity (Wildman–Crippen MR) is 67.5 cm³/mol. The summed E-state index contributed by atoms with van der Waals surface area (Å²) in [7, 11) is 0. The molecule has 0 saturated carbocycles. The van der Waals surface area contributed by atoms with Crippen LogP contribution in [0.15, 0.2) is 41.8 Å². The zero-order chi connectivity index (χ0) is 10.5. The highest BCUT2D eigenvalue weighted by molar-refractivity contribution is 7.10. The zero-order valence-corrected chi connectivity index (χ0v) is 9.50. The highest BCUT2D eigenvalue weighted by Gasteiger charge is 2.32. The lowest BCUT2D eigenvalue weighted by Crippen LogP contribution is -2.15. The number of hydrogen-bond donors (Lipinski definition) is 1. The fourth-order valence-electron chi connectivity index (χ4n) is 2.70. The van der Waals surface area contributed by atoms with Crippen LogP contribution in [0.25, 0.3) is 6.08 Å². The topological polar surface area (TPSA) is 12.0 Å². The minimum Gasteiger partial charge on any atom is -0.295 e. The van der Waals surface area contributed by atoms with Crippen molar-refractivity contribution in [3.05, 3.63) is 63.4 Å². The SMILES string of the molecule is C1=CC2NC(c3ccccc32)c2sccc21. The molecule has 0 saturated heterocycles. The summed E-state index contributed by atoms with van der Waals surface area (Å²) in [6.45, 7) is 0. The van der Waals surface area contributed by atoms with Crippen molar-refractivity contribution in [2.45, 2.75) is 12.1 Å².